The Morgan fingerprint density at radius 3 is 2.30 bits per heavy atom. The van der Waals surface area contributed by atoms with Crippen LogP contribution in [0.25, 0.3) is 0 Å². The molecular weight excluding hydrogens is 344 g/mol. The van der Waals surface area contributed by atoms with E-state index in [9.17, 15) is 14.9 Å². The van der Waals surface area contributed by atoms with E-state index in [0.29, 0.717) is 0 Å². The van der Waals surface area contributed by atoms with E-state index < -0.39 is 4.92 Å². The second kappa shape index (κ2) is 8.18. The summed E-state index contributed by atoms with van der Waals surface area (Å²) in [5, 5.41) is 13.8. The highest BCUT2D eigenvalue weighted by atomic mass is 16.6. The van der Waals surface area contributed by atoms with Gasteiger partial charge in [0.25, 0.3) is 5.69 Å². The van der Waals surface area contributed by atoms with Gasteiger partial charge in [-0.2, -0.15) is 0 Å². The number of rotatable bonds is 5. The van der Waals surface area contributed by atoms with Crippen LogP contribution in [0, 0.1) is 17.0 Å². The van der Waals surface area contributed by atoms with E-state index in [2.05, 4.69) is 15.1 Å². The van der Waals surface area contributed by atoms with E-state index in [1.54, 1.807) is 12.1 Å². The number of nitrogens with zero attached hydrogens (tertiary/aromatic N) is 3. The van der Waals surface area contributed by atoms with Gasteiger partial charge in [0, 0.05) is 49.7 Å². The first-order chi connectivity index (χ1) is 13.0. The summed E-state index contributed by atoms with van der Waals surface area (Å²) in [7, 11) is 0. The molecule has 1 aliphatic heterocycles. The summed E-state index contributed by atoms with van der Waals surface area (Å²) >= 11 is 0. The van der Waals surface area contributed by atoms with Gasteiger partial charge in [-0.25, -0.2) is 0 Å². The highest BCUT2D eigenvalue weighted by Crippen LogP contribution is 2.21. The van der Waals surface area contributed by atoms with Gasteiger partial charge < -0.3 is 10.2 Å². The summed E-state index contributed by atoms with van der Waals surface area (Å²) < 4.78 is 0. The number of non-ortho nitro benzene ring substituents is 1. The number of anilines is 2. The second-order valence-corrected chi connectivity index (χ2v) is 6.78. The van der Waals surface area contributed by atoms with Crippen molar-refractivity contribution in [3.63, 3.8) is 0 Å². The van der Waals surface area contributed by atoms with Crippen LogP contribution >= 0.6 is 0 Å². The Morgan fingerprint density at radius 1 is 1.07 bits per heavy atom. The van der Waals surface area contributed by atoms with Gasteiger partial charge >= 0.3 is 0 Å². The lowest BCUT2D eigenvalue weighted by Gasteiger charge is -2.38. The van der Waals surface area contributed by atoms with Gasteiger partial charge in [-0.15, -0.1) is 0 Å². The van der Waals surface area contributed by atoms with Crippen molar-refractivity contribution in [3.05, 3.63) is 64.2 Å². The van der Waals surface area contributed by atoms with Gasteiger partial charge in [0.1, 0.15) is 0 Å². The molecule has 7 heteroatoms. The molecule has 0 aromatic heterocycles. The molecule has 7 nitrogen and oxygen atoms in total. The SMILES string of the molecule is Cc1ccccc1NC(=O)[C@H](C)N1CCN(c2ccc([N+](=O)[O-])cc2)CC1. The topological polar surface area (TPSA) is 78.7 Å². The molecule has 0 aliphatic carbocycles. The smallest absolute Gasteiger partial charge is 0.269 e. The fourth-order valence-electron chi connectivity index (χ4n) is 3.27. The van der Waals surface area contributed by atoms with Crippen LogP contribution in [0.3, 0.4) is 0 Å². The van der Waals surface area contributed by atoms with Crippen LogP contribution < -0.4 is 10.2 Å². The van der Waals surface area contributed by atoms with Crippen molar-refractivity contribution in [1.29, 1.82) is 0 Å². The Morgan fingerprint density at radius 2 is 1.70 bits per heavy atom. The van der Waals surface area contributed by atoms with E-state index in [-0.39, 0.29) is 17.6 Å². The first-order valence-electron chi connectivity index (χ1n) is 9.05. The standard InChI is InChI=1S/C20H24N4O3/c1-15-5-3-4-6-19(15)21-20(25)16(2)22-11-13-23(14-12-22)17-7-9-18(10-8-17)24(26)27/h3-10,16H,11-14H2,1-2H3,(H,21,25)/t16-/m0/s1. The Hall–Kier alpha value is -2.93. The first kappa shape index (κ1) is 18.8. The Kier molecular flexibility index (Phi) is 5.71. The summed E-state index contributed by atoms with van der Waals surface area (Å²) in [6, 6.07) is 14.1. The largest absolute Gasteiger partial charge is 0.369 e. The predicted octanol–water partition coefficient (Wildman–Crippen LogP) is 3.05. The third kappa shape index (κ3) is 4.43. The summed E-state index contributed by atoms with van der Waals surface area (Å²) in [5.74, 6) is -0.00640. The second-order valence-electron chi connectivity index (χ2n) is 6.78. The first-order valence-corrected chi connectivity index (χ1v) is 9.05. The molecule has 0 bridgehead atoms. The van der Waals surface area contributed by atoms with Crippen LogP contribution in [0.2, 0.25) is 0 Å². The zero-order chi connectivity index (χ0) is 19.4. The van der Waals surface area contributed by atoms with Gasteiger partial charge in [0.15, 0.2) is 0 Å². The molecule has 0 saturated carbocycles. The van der Waals surface area contributed by atoms with E-state index in [4.69, 9.17) is 0 Å². The highest BCUT2D eigenvalue weighted by Gasteiger charge is 2.26. The number of hydrogen-bond donors (Lipinski definition) is 1. The van der Waals surface area contributed by atoms with E-state index >= 15 is 0 Å². The predicted molar refractivity (Wildman–Crippen MR) is 106 cm³/mol. The average Bonchev–Trinajstić information content (AvgIpc) is 2.69. The van der Waals surface area contributed by atoms with Crippen molar-refractivity contribution < 1.29 is 9.72 Å². The molecule has 3 rings (SSSR count). The number of carbonyl (C=O) groups is 1. The van der Waals surface area contributed by atoms with Crippen LogP contribution in [0.15, 0.2) is 48.5 Å². The lowest BCUT2D eigenvalue weighted by molar-refractivity contribution is -0.384. The summed E-state index contributed by atoms with van der Waals surface area (Å²) in [4.78, 5) is 27.3. The quantitative estimate of drug-likeness (QED) is 0.648. The molecule has 2 aromatic carbocycles. The minimum atomic E-state index is -0.392. The third-order valence-electron chi connectivity index (χ3n) is 5.07. The Labute approximate surface area is 158 Å². The van der Waals surface area contributed by atoms with Crippen molar-refractivity contribution in [2.45, 2.75) is 19.9 Å². The van der Waals surface area contributed by atoms with Crippen LogP contribution in [0.1, 0.15) is 12.5 Å². The molecular formula is C20H24N4O3. The number of piperazine rings is 1. The molecule has 27 heavy (non-hydrogen) atoms. The number of hydrogen-bond acceptors (Lipinski definition) is 5. The molecule has 0 unspecified atom stereocenters. The summed E-state index contributed by atoms with van der Waals surface area (Å²) in [6.45, 7) is 6.98. The Bertz CT molecular complexity index is 814. The average molecular weight is 368 g/mol. The van der Waals surface area contributed by atoms with Crippen LogP contribution in [-0.2, 0) is 4.79 Å². The molecule has 0 spiro atoms. The zero-order valence-electron chi connectivity index (χ0n) is 15.6. The molecule has 142 valence electrons. The van der Waals surface area contributed by atoms with Gasteiger partial charge in [-0.05, 0) is 37.6 Å². The summed E-state index contributed by atoms with van der Waals surface area (Å²) in [6.07, 6.45) is 0. The van der Waals surface area contributed by atoms with Crippen molar-refractivity contribution in [3.8, 4) is 0 Å². The van der Waals surface area contributed by atoms with Gasteiger partial charge in [0.05, 0.1) is 11.0 Å². The van der Waals surface area contributed by atoms with Crippen molar-refractivity contribution in [2.75, 3.05) is 36.4 Å². The lowest BCUT2D eigenvalue weighted by Crippen LogP contribution is -2.52. The molecule has 0 radical (unpaired) electrons. The number of nitro benzene ring substituents is 1. The normalized spacial score (nSPS) is 16.0. The molecule has 1 amide bonds. The zero-order valence-corrected chi connectivity index (χ0v) is 15.6. The fraction of sp³-hybridized carbons (Fsp3) is 0.350. The van der Waals surface area contributed by atoms with E-state index in [0.717, 1.165) is 43.1 Å². The van der Waals surface area contributed by atoms with Crippen molar-refractivity contribution in [1.82, 2.24) is 4.90 Å². The van der Waals surface area contributed by atoms with Gasteiger partial charge in [-0.3, -0.25) is 19.8 Å². The fourth-order valence-corrected chi connectivity index (χ4v) is 3.27. The number of carbonyl (C=O) groups excluding carboxylic acids is 1. The third-order valence-corrected chi connectivity index (χ3v) is 5.07. The highest BCUT2D eigenvalue weighted by molar-refractivity contribution is 5.95. The van der Waals surface area contributed by atoms with Crippen LogP contribution in [0.5, 0.6) is 0 Å². The number of aryl methyl sites for hydroxylation is 1. The Balaban J connectivity index is 1.55. The molecule has 2 aromatic rings. The minimum absolute atomic E-state index is 0.00640. The van der Waals surface area contributed by atoms with Gasteiger partial charge in [-0.1, -0.05) is 18.2 Å². The maximum absolute atomic E-state index is 12.6. The van der Waals surface area contributed by atoms with Crippen LogP contribution in [-0.4, -0.2) is 48.0 Å². The van der Waals surface area contributed by atoms with Crippen molar-refractivity contribution >= 4 is 23.0 Å². The lowest BCUT2D eigenvalue weighted by atomic mass is 10.1. The minimum Gasteiger partial charge on any atom is -0.369 e. The summed E-state index contributed by atoms with van der Waals surface area (Å²) in [5.41, 5.74) is 2.95. The van der Waals surface area contributed by atoms with E-state index in [1.165, 1.54) is 12.1 Å². The molecule has 1 atom stereocenters. The number of nitrogens with one attached hydrogen (secondary N) is 1. The number of para-hydroxylation sites is 1. The maximum atomic E-state index is 12.6. The molecule has 1 heterocycles. The molecule has 1 N–H and O–H groups in total. The maximum Gasteiger partial charge on any atom is 0.269 e. The van der Waals surface area contributed by atoms with Crippen molar-refractivity contribution in [2.24, 2.45) is 0 Å². The number of benzene rings is 2. The molecule has 1 aliphatic rings. The van der Waals surface area contributed by atoms with E-state index in [1.807, 2.05) is 38.1 Å². The van der Waals surface area contributed by atoms with Gasteiger partial charge in [0.2, 0.25) is 5.91 Å². The number of nitro groups is 1. The number of amides is 1. The molecule has 1 saturated heterocycles. The monoisotopic (exact) mass is 368 g/mol. The molecule has 1 fully saturated rings. The van der Waals surface area contributed by atoms with Crippen LogP contribution in [0.4, 0.5) is 17.1 Å².